The number of carbonyl (C=O) groups excluding carboxylic acids is 1. The number of amides is 1. The molecule has 9 heteroatoms. The molecule has 1 amide bonds. The molecule has 1 aromatic carbocycles. The number of nitrogens with one attached hydrogen (secondary N) is 1. The van der Waals surface area contributed by atoms with Gasteiger partial charge in [0.2, 0.25) is 11.9 Å². The molecule has 1 aliphatic rings. The summed E-state index contributed by atoms with van der Waals surface area (Å²) in [6, 6.07) is 9.36. The van der Waals surface area contributed by atoms with Crippen molar-refractivity contribution in [1.29, 1.82) is 0 Å². The van der Waals surface area contributed by atoms with Crippen LogP contribution in [0.1, 0.15) is 30.6 Å². The number of piperidine rings is 1. The van der Waals surface area contributed by atoms with Crippen molar-refractivity contribution in [1.82, 2.24) is 14.8 Å². The Labute approximate surface area is 184 Å². The van der Waals surface area contributed by atoms with Gasteiger partial charge in [0.15, 0.2) is 5.16 Å². The van der Waals surface area contributed by atoms with Crippen LogP contribution in [-0.4, -0.2) is 39.5 Å². The fraction of sp³-hybridized carbons (Fsp3) is 0.381. The first-order valence-electron chi connectivity index (χ1n) is 9.99. The number of nitrogens with zero attached hydrogens (tertiary/aromatic N) is 4. The lowest BCUT2D eigenvalue weighted by atomic mass is 10.1. The third-order valence-electron chi connectivity index (χ3n) is 4.96. The molecule has 1 N–H and O–H groups in total. The highest BCUT2D eigenvalue weighted by molar-refractivity contribution is 7.99. The number of furan rings is 1. The maximum atomic E-state index is 12.5. The highest BCUT2D eigenvalue weighted by Gasteiger charge is 2.22. The van der Waals surface area contributed by atoms with Gasteiger partial charge in [0.25, 0.3) is 0 Å². The lowest BCUT2D eigenvalue weighted by Gasteiger charge is -2.27. The van der Waals surface area contributed by atoms with Crippen molar-refractivity contribution < 1.29 is 9.21 Å². The number of hydrogen-bond acceptors (Lipinski definition) is 6. The van der Waals surface area contributed by atoms with E-state index in [1.807, 2.05) is 41.8 Å². The smallest absolute Gasteiger partial charge is 0.234 e. The minimum absolute atomic E-state index is 0.141. The molecule has 158 valence electrons. The lowest BCUT2D eigenvalue weighted by Crippen LogP contribution is -2.32. The normalized spacial score (nSPS) is 14.1. The number of halogens is 1. The number of benzene rings is 1. The molecule has 4 rings (SSSR count). The third kappa shape index (κ3) is 4.99. The van der Waals surface area contributed by atoms with Gasteiger partial charge >= 0.3 is 0 Å². The summed E-state index contributed by atoms with van der Waals surface area (Å²) in [7, 11) is 0. The Balaban J connectivity index is 1.47. The molecular weight excluding hydrogens is 422 g/mol. The van der Waals surface area contributed by atoms with Gasteiger partial charge in [-0.05, 0) is 56.0 Å². The molecule has 7 nitrogen and oxygen atoms in total. The Morgan fingerprint density at radius 2 is 2.07 bits per heavy atom. The molecule has 0 aliphatic carbocycles. The van der Waals surface area contributed by atoms with E-state index in [9.17, 15) is 4.79 Å². The van der Waals surface area contributed by atoms with Gasteiger partial charge in [0.05, 0.1) is 29.3 Å². The topological polar surface area (TPSA) is 76.2 Å². The highest BCUT2D eigenvalue weighted by atomic mass is 35.5. The van der Waals surface area contributed by atoms with Crippen LogP contribution in [0.2, 0.25) is 5.02 Å². The van der Waals surface area contributed by atoms with E-state index in [0.29, 0.717) is 22.4 Å². The first kappa shape index (κ1) is 20.8. The van der Waals surface area contributed by atoms with Crippen LogP contribution >= 0.6 is 23.4 Å². The van der Waals surface area contributed by atoms with Gasteiger partial charge in [-0.25, -0.2) is 0 Å². The van der Waals surface area contributed by atoms with Gasteiger partial charge in [-0.2, -0.15) is 0 Å². The van der Waals surface area contributed by atoms with E-state index >= 15 is 0 Å². The van der Waals surface area contributed by atoms with Crippen LogP contribution in [0.15, 0.2) is 46.2 Å². The maximum Gasteiger partial charge on any atom is 0.234 e. The van der Waals surface area contributed by atoms with Crippen molar-refractivity contribution in [2.24, 2.45) is 0 Å². The van der Waals surface area contributed by atoms with E-state index in [-0.39, 0.29) is 11.7 Å². The summed E-state index contributed by atoms with van der Waals surface area (Å²) >= 11 is 7.58. The average molecular weight is 446 g/mol. The van der Waals surface area contributed by atoms with Crippen LogP contribution in [-0.2, 0) is 11.3 Å². The van der Waals surface area contributed by atoms with Crippen LogP contribution in [0.4, 0.5) is 11.6 Å². The third-order valence-corrected chi connectivity index (χ3v) is 6.24. The fourth-order valence-electron chi connectivity index (χ4n) is 3.45. The molecule has 1 saturated heterocycles. The van der Waals surface area contributed by atoms with Gasteiger partial charge in [0.1, 0.15) is 5.76 Å². The second kappa shape index (κ2) is 9.57. The fourth-order valence-corrected chi connectivity index (χ4v) is 4.47. The van der Waals surface area contributed by atoms with E-state index in [0.717, 1.165) is 43.2 Å². The molecule has 0 atom stereocenters. The SMILES string of the molecule is Cc1ccc(NC(=O)CSc2nnc(N3CCCCC3)n2Cc2ccco2)c(Cl)c1. The molecule has 3 heterocycles. The number of anilines is 2. The van der Waals surface area contributed by atoms with Gasteiger partial charge in [-0.15, -0.1) is 10.2 Å². The Kier molecular flexibility index (Phi) is 6.64. The van der Waals surface area contributed by atoms with Crippen molar-refractivity contribution in [3.05, 3.63) is 52.9 Å². The number of aromatic nitrogens is 3. The Hall–Kier alpha value is -2.45. The van der Waals surface area contributed by atoms with Crippen molar-refractivity contribution in [3.8, 4) is 0 Å². The van der Waals surface area contributed by atoms with Crippen molar-refractivity contribution in [2.45, 2.75) is 37.9 Å². The lowest BCUT2D eigenvalue weighted by molar-refractivity contribution is -0.113. The molecule has 0 radical (unpaired) electrons. The first-order chi connectivity index (χ1) is 14.6. The summed E-state index contributed by atoms with van der Waals surface area (Å²) in [5.41, 5.74) is 1.66. The van der Waals surface area contributed by atoms with Gasteiger partial charge < -0.3 is 14.6 Å². The van der Waals surface area contributed by atoms with Crippen LogP contribution < -0.4 is 10.2 Å². The number of carbonyl (C=O) groups is 1. The van der Waals surface area contributed by atoms with Crippen LogP contribution in [0, 0.1) is 6.92 Å². The summed E-state index contributed by atoms with van der Waals surface area (Å²) in [5.74, 6) is 1.72. The minimum Gasteiger partial charge on any atom is -0.467 e. The Morgan fingerprint density at radius 3 is 2.80 bits per heavy atom. The summed E-state index contributed by atoms with van der Waals surface area (Å²) < 4.78 is 7.56. The molecule has 1 fully saturated rings. The maximum absolute atomic E-state index is 12.5. The zero-order valence-corrected chi connectivity index (χ0v) is 18.4. The van der Waals surface area contributed by atoms with Gasteiger partial charge in [-0.3, -0.25) is 9.36 Å². The second-order valence-corrected chi connectivity index (χ2v) is 8.67. The molecule has 0 unspecified atom stereocenters. The highest BCUT2D eigenvalue weighted by Crippen LogP contribution is 2.27. The van der Waals surface area contributed by atoms with Gasteiger partial charge in [-0.1, -0.05) is 29.4 Å². The van der Waals surface area contributed by atoms with Crippen molar-refractivity contribution in [3.63, 3.8) is 0 Å². The largest absolute Gasteiger partial charge is 0.467 e. The Morgan fingerprint density at radius 1 is 1.23 bits per heavy atom. The number of aryl methyl sites for hydroxylation is 1. The van der Waals surface area contributed by atoms with E-state index in [2.05, 4.69) is 20.4 Å². The Bertz CT molecular complexity index is 999. The van der Waals surface area contributed by atoms with E-state index in [1.165, 1.54) is 18.2 Å². The van der Waals surface area contributed by atoms with E-state index in [1.54, 1.807) is 6.26 Å². The first-order valence-corrected chi connectivity index (χ1v) is 11.4. The molecule has 30 heavy (non-hydrogen) atoms. The molecule has 2 aromatic heterocycles. The second-order valence-electron chi connectivity index (χ2n) is 7.32. The molecule has 3 aromatic rings. The molecule has 0 saturated carbocycles. The van der Waals surface area contributed by atoms with Crippen LogP contribution in [0.25, 0.3) is 0 Å². The van der Waals surface area contributed by atoms with Crippen molar-refractivity contribution in [2.75, 3.05) is 29.1 Å². The van der Waals surface area contributed by atoms with Crippen molar-refractivity contribution >= 4 is 40.9 Å². The van der Waals surface area contributed by atoms with E-state index in [4.69, 9.17) is 16.0 Å². The number of thioether (sulfide) groups is 1. The monoisotopic (exact) mass is 445 g/mol. The zero-order chi connectivity index (χ0) is 20.9. The molecule has 1 aliphatic heterocycles. The van der Waals surface area contributed by atoms with Crippen LogP contribution in [0.5, 0.6) is 0 Å². The molecule has 0 bridgehead atoms. The molecule has 0 spiro atoms. The summed E-state index contributed by atoms with van der Waals surface area (Å²) in [4.78, 5) is 14.7. The van der Waals surface area contributed by atoms with Gasteiger partial charge in [0, 0.05) is 13.1 Å². The number of rotatable bonds is 7. The zero-order valence-electron chi connectivity index (χ0n) is 16.8. The van der Waals surface area contributed by atoms with E-state index < -0.39 is 0 Å². The van der Waals surface area contributed by atoms with Crippen LogP contribution in [0.3, 0.4) is 0 Å². The summed E-state index contributed by atoms with van der Waals surface area (Å²) in [6.07, 6.45) is 5.20. The predicted octanol–water partition coefficient (Wildman–Crippen LogP) is 4.60. The number of hydrogen-bond donors (Lipinski definition) is 1. The molecular formula is C21H24ClN5O2S. The minimum atomic E-state index is -0.141. The predicted molar refractivity (Wildman–Crippen MR) is 119 cm³/mol. The standard InChI is InChI=1S/C21H24ClN5O2S/c1-15-7-8-18(17(22)12-15)23-19(28)14-30-21-25-24-20(26-9-3-2-4-10-26)27(21)13-16-6-5-11-29-16/h5-8,11-12H,2-4,9-10,13-14H2,1H3,(H,23,28). The average Bonchev–Trinajstić information content (AvgIpc) is 3.40. The summed E-state index contributed by atoms with van der Waals surface area (Å²) in [5, 5.41) is 12.9. The quantitative estimate of drug-likeness (QED) is 0.535. The summed E-state index contributed by atoms with van der Waals surface area (Å²) in [6.45, 7) is 4.42.